The minimum atomic E-state index is -0.354. The topological polar surface area (TPSA) is 46.5 Å². The van der Waals surface area contributed by atoms with Crippen LogP contribution in [0, 0.1) is 22.7 Å². The van der Waals surface area contributed by atoms with Crippen LogP contribution in [0.3, 0.4) is 0 Å². The number of rotatable bonds is 2. The fraction of sp³-hybridized carbons (Fsp3) is 0.929. The quantitative estimate of drug-likeness (QED) is 0.754. The van der Waals surface area contributed by atoms with E-state index < -0.39 is 0 Å². The Morgan fingerprint density at radius 1 is 1.35 bits per heavy atom. The molecule has 0 spiro atoms. The van der Waals surface area contributed by atoms with E-state index >= 15 is 0 Å². The number of ether oxygens (including phenoxy) is 1. The van der Waals surface area contributed by atoms with Gasteiger partial charge in [-0.05, 0) is 36.5 Å². The molecule has 2 aliphatic carbocycles. The average Bonchev–Trinajstić information content (AvgIpc) is 2.62. The van der Waals surface area contributed by atoms with E-state index in [1.807, 2.05) is 0 Å². The van der Waals surface area contributed by atoms with Crippen molar-refractivity contribution in [3.8, 4) is 0 Å². The molecule has 1 unspecified atom stereocenters. The van der Waals surface area contributed by atoms with Crippen LogP contribution in [0.4, 0.5) is 0 Å². The van der Waals surface area contributed by atoms with Gasteiger partial charge in [-0.1, -0.05) is 20.8 Å². The molecule has 2 aliphatic rings. The molecule has 0 radical (unpaired) electrons. The van der Waals surface area contributed by atoms with Gasteiger partial charge in [-0.25, -0.2) is 0 Å². The van der Waals surface area contributed by atoms with Crippen LogP contribution < -0.4 is 0 Å². The van der Waals surface area contributed by atoms with E-state index in [2.05, 4.69) is 20.8 Å². The molecule has 4 atom stereocenters. The fourth-order valence-electron chi connectivity index (χ4n) is 4.15. The lowest BCUT2D eigenvalue weighted by Gasteiger charge is -2.34. The third-order valence-electron chi connectivity index (χ3n) is 5.04. The SMILES string of the molecule is COC(=O)C[C@]1(C)C(O)C[C@H]2CC(C)(C)C[C@H]21. The standard InChI is InChI=1S/C14H24O3/c1-13(2)6-9-5-11(15)14(3,10(9)7-13)8-12(16)17-4/h9-11,15H,5-8H2,1-4H3/t9-,10+,11?,14-/m0/s1. The van der Waals surface area contributed by atoms with Crippen molar-refractivity contribution < 1.29 is 14.6 Å². The van der Waals surface area contributed by atoms with Gasteiger partial charge in [-0.2, -0.15) is 0 Å². The van der Waals surface area contributed by atoms with E-state index in [4.69, 9.17) is 4.74 Å². The Morgan fingerprint density at radius 3 is 2.59 bits per heavy atom. The van der Waals surface area contributed by atoms with E-state index in [1.165, 1.54) is 13.5 Å². The Kier molecular flexibility index (Phi) is 3.01. The minimum absolute atomic E-state index is 0.197. The summed E-state index contributed by atoms with van der Waals surface area (Å²) in [7, 11) is 1.42. The highest BCUT2D eigenvalue weighted by atomic mass is 16.5. The molecule has 0 heterocycles. The van der Waals surface area contributed by atoms with Crippen molar-refractivity contribution in [2.24, 2.45) is 22.7 Å². The van der Waals surface area contributed by atoms with Gasteiger partial charge in [0.15, 0.2) is 0 Å². The summed E-state index contributed by atoms with van der Waals surface area (Å²) in [5.41, 5.74) is 0.0678. The molecule has 98 valence electrons. The Labute approximate surface area is 104 Å². The second kappa shape index (κ2) is 3.98. The first-order valence-electron chi connectivity index (χ1n) is 6.53. The molecular weight excluding hydrogens is 216 g/mol. The lowest BCUT2D eigenvalue weighted by Crippen LogP contribution is -2.36. The molecule has 2 fully saturated rings. The zero-order valence-corrected chi connectivity index (χ0v) is 11.3. The first-order valence-corrected chi connectivity index (χ1v) is 6.53. The van der Waals surface area contributed by atoms with Crippen molar-refractivity contribution in [2.45, 2.75) is 52.6 Å². The molecule has 0 amide bonds. The monoisotopic (exact) mass is 240 g/mol. The van der Waals surface area contributed by atoms with Crippen LogP contribution in [0.25, 0.3) is 0 Å². The normalized spacial score (nSPS) is 43.5. The Balaban J connectivity index is 2.18. The highest BCUT2D eigenvalue weighted by Gasteiger charge is 2.57. The number of aliphatic hydroxyl groups is 1. The van der Waals surface area contributed by atoms with Gasteiger partial charge in [0.25, 0.3) is 0 Å². The first kappa shape index (κ1) is 12.9. The van der Waals surface area contributed by atoms with Crippen LogP contribution in [0.1, 0.15) is 46.5 Å². The lowest BCUT2D eigenvalue weighted by molar-refractivity contribution is -0.146. The second-order valence-corrected chi connectivity index (χ2v) is 6.95. The Hall–Kier alpha value is -0.570. The Morgan fingerprint density at radius 2 is 2.00 bits per heavy atom. The van der Waals surface area contributed by atoms with Gasteiger partial charge in [0.05, 0.1) is 19.6 Å². The largest absolute Gasteiger partial charge is 0.469 e. The number of hydrogen-bond donors (Lipinski definition) is 1. The minimum Gasteiger partial charge on any atom is -0.469 e. The van der Waals surface area contributed by atoms with Gasteiger partial charge >= 0.3 is 5.97 Å². The number of fused-ring (bicyclic) bond motifs is 1. The van der Waals surface area contributed by atoms with Crippen molar-refractivity contribution >= 4 is 5.97 Å². The summed E-state index contributed by atoms with van der Waals surface area (Å²) in [4.78, 5) is 11.5. The average molecular weight is 240 g/mol. The predicted molar refractivity (Wildman–Crippen MR) is 65.4 cm³/mol. The fourth-order valence-corrected chi connectivity index (χ4v) is 4.15. The maximum atomic E-state index is 11.5. The van der Waals surface area contributed by atoms with Crippen LogP contribution in [-0.2, 0) is 9.53 Å². The van der Waals surface area contributed by atoms with Gasteiger partial charge in [-0.3, -0.25) is 4.79 Å². The summed E-state index contributed by atoms with van der Waals surface area (Å²) in [6, 6.07) is 0. The van der Waals surface area contributed by atoms with Gasteiger partial charge in [0.1, 0.15) is 0 Å². The summed E-state index contributed by atoms with van der Waals surface area (Å²) in [5, 5.41) is 10.3. The molecular formula is C14H24O3. The Bertz CT molecular complexity index is 323. The van der Waals surface area contributed by atoms with E-state index in [9.17, 15) is 9.90 Å². The molecule has 2 rings (SSSR count). The second-order valence-electron chi connectivity index (χ2n) is 6.95. The molecule has 0 saturated heterocycles. The molecule has 3 nitrogen and oxygen atoms in total. The zero-order valence-electron chi connectivity index (χ0n) is 11.3. The number of esters is 1. The molecule has 2 saturated carbocycles. The third kappa shape index (κ3) is 2.10. The van der Waals surface area contributed by atoms with E-state index in [0.717, 1.165) is 12.8 Å². The predicted octanol–water partition coefficient (Wildman–Crippen LogP) is 2.37. The molecule has 0 aliphatic heterocycles. The molecule has 0 aromatic rings. The maximum absolute atomic E-state index is 11.5. The number of carbonyl (C=O) groups is 1. The first-order chi connectivity index (χ1) is 7.78. The number of methoxy groups -OCH3 is 1. The van der Waals surface area contributed by atoms with Gasteiger partial charge in [0.2, 0.25) is 0 Å². The summed E-state index contributed by atoms with van der Waals surface area (Å²) in [6.45, 7) is 6.63. The summed E-state index contributed by atoms with van der Waals surface area (Å²) >= 11 is 0. The number of aliphatic hydroxyl groups excluding tert-OH is 1. The van der Waals surface area contributed by atoms with Crippen molar-refractivity contribution in [2.75, 3.05) is 7.11 Å². The highest BCUT2D eigenvalue weighted by Crippen LogP contribution is 2.61. The summed E-state index contributed by atoms with van der Waals surface area (Å²) in [5.74, 6) is 0.846. The van der Waals surface area contributed by atoms with E-state index in [-0.39, 0.29) is 17.5 Å². The van der Waals surface area contributed by atoms with Crippen LogP contribution in [0.2, 0.25) is 0 Å². The summed E-state index contributed by atoms with van der Waals surface area (Å²) in [6.07, 6.45) is 3.13. The van der Waals surface area contributed by atoms with Gasteiger partial charge in [-0.15, -0.1) is 0 Å². The van der Waals surface area contributed by atoms with Gasteiger partial charge < -0.3 is 9.84 Å². The molecule has 0 aromatic heterocycles. The molecule has 0 bridgehead atoms. The molecule has 1 N–H and O–H groups in total. The third-order valence-corrected chi connectivity index (χ3v) is 5.04. The molecule has 3 heteroatoms. The van der Waals surface area contributed by atoms with Crippen LogP contribution in [0.5, 0.6) is 0 Å². The van der Waals surface area contributed by atoms with Crippen molar-refractivity contribution in [1.82, 2.24) is 0 Å². The number of hydrogen-bond acceptors (Lipinski definition) is 3. The van der Waals surface area contributed by atoms with E-state index in [0.29, 0.717) is 23.7 Å². The maximum Gasteiger partial charge on any atom is 0.306 e. The lowest BCUT2D eigenvalue weighted by atomic mass is 9.72. The number of carbonyl (C=O) groups excluding carboxylic acids is 1. The van der Waals surface area contributed by atoms with Crippen molar-refractivity contribution in [1.29, 1.82) is 0 Å². The molecule has 0 aromatic carbocycles. The van der Waals surface area contributed by atoms with Crippen LogP contribution >= 0.6 is 0 Å². The van der Waals surface area contributed by atoms with Crippen molar-refractivity contribution in [3.63, 3.8) is 0 Å². The smallest absolute Gasteiger partial charge is 0.306 e. The van der Waals surface area contributed by atoms with Crippen LogP contribution in [-0.4, -0.2) is 24.3 Å². The molecule has 17 heavy (non-hydrogen) atoms. The van der Waals surface area contributed by atoms with Crippen LogP contribution in [0.15, 0.2) is 0 Å². The highest BCUT2D eigenvalue weighted by molar-refractivity contribution is 5.70. The van der Waals surface area contributed by atoms with Gasteiger partial charge in [0, 0.05) is 5.41 Å². The van der Waals surface area contributed by atoms with E-state index in [1.54, 1.807) is 0 Å². The zero-order chi connectivity index (χ0) is 12.8. The van der Waals surface area contributed by atoms with Crippen molar-refractivity contribution in [3.05, 3.63) is 0 Å². The summed E-state index contributed by atoms with van der Waals surface area (Å²) < 4.78 is 4.78.